The SMILES string of the molecule is CNCc1ccc2c(ccn2Cc2cccc(C)c2)c1. The smallest absolute Gasteiger partial charge is 0.0483 e. The summed E-state index contributed by atoms with van der Waals surface area (Å²) in [5, 5.41) is 4.51. The van der Waals surface area contributed by atoms with Gasteiger partial charge in [0.25, 0.3) is 0 Å². The molecule has 0 radical (unpaired) electrons. The van der Waals surface area contributed by atoms with Crippen LogP contribution in [0.5, 0.6) is 0 Å². The summed E-state index contributed by atoms with van der Waals surface area (Å²) in [5.41, 5.74) is 5.29. The molecule has 0 saturated carbocycles. The largest absolute Gasteiger partial charge is 0.343 e. The van der Waals surface area contributed by atoms with Crippen LogP contribution in [0.15, 0.2) is 54.7 Å². The van der Waals surface area contributed by atoms with Crippen molar-refractivity contribution in [3.8, 4) is 0 Å². The number of aromatic nitrogens is 1. The van der Waals surface area contributed by atoms with Gasteiger partial charge in [0.2, 0.25) is 0 Å². The van der Waals surface area contributed by atoms with E-state index in [-0.39, 0.29) is 0 Å². The molecule has 0 amide bonds. The van der Waals surface area contributed by atoms with Crippen molar-refractivity contribution in [2.24, 2.45) is 0 Å². The van der Waals surface area contributed by atoms with Crippen LogP contribution in [0.2, 0.25) is 0 Å². The molecule has 1 N–H and O–H groups in total. The van der Waals surface area contributed by atoms with Gasteiger partial charge >= 0.3 is 0 Å². The molecular weight excluding hydrogens is 244 g/mol. The summed E-state index contributed by atoms with van der Waals surface area (Å²) in [7, 11) is 1.98. The average molecular weight is 264 g/mol. The molecule has 0 aliphatic rings. The van der Waals surface area contributed by atoms with Crippen molar-refractivity contribution in [1.29, 1.82) is 0 Å². The van der Waals surface area contributed by atoms with E-state index in [2.05, 4.69) is 71.5 Å². The molecule has 0 aliphatic heterocycles. The zero-order valence-corrected chi connectivity index (χ0v) is 12.1. The fraction of sp³-hybridized carbons (Fsp3) is 0.222. The summed E-state index contributed by atoms with van der Waals surface area (Å²) < 4.78 is 2.31. The molecular formula is C18H20N2. The van der Waals surface area contributed by atoms with Gasteiger partial charge in [-0.3, -0.25) is 0 Å². The van der Waals surface area contributed by atoms with Crippen LogP contribution >= 0.6 is 0 Å². The third kappa shape index (κ3) is 2.61. The fourth-order valence-electron chi connectivity index (χ4n) is 2.71. The lowest BCUT2D eigenvalue weighted by molar-refractivity contribution is 0.817. The number of rotatable bonds is 4. The van der Waals surface area contributed by atoms with E-state index < -0.39 is 0 Å². The molecule has 0 unspecified atom stereocenters. The summed E-state index contributed by atoms with van der Waals surface area (Å²) in [6.07, 6.45) is 2.18. The van der Waals surface area contributed by atoms with Crippen molar-refractivity contribution in [1.82, 2.24) is 9.88 Å². The zero-order chi connectivity index (χ0) is 13.9. The van der Waals surface area contributed by atoms with Gasteiger partial charge in [-0.25, -0.2) is 0 Å². The van der Waals surface area contributed by atoms with Crippen LogP contribution in [0.3, 0.4) is 0 Å². The van der Waals surface area contributed by atoms with Gasteiger partial charge in [0.05, 0.1) is 0 Å². The van der Waals surface area contributed by atoms with Gasteiger partial charge in [-0.15, -0.1) is 0 Å². The molecule has 102 valence electrons. The van der Waals surface area contributed by atoms with Crippen molar-refractivity contribution in [2.45, 2.75) is 20.0 Å². The van der Waals surface area contributed by atoms with Crippen molar-refractivity contribution in [3.05, 3.63) is 71.4 Å². The molecule has 0 fully saturated rings. The molecule has 0 atom stereocenters. The first-order valence-electron chi connectivity index (χ1n) is 7.04. The zero-order valence-electron chi connectivity index (χ0n) is 12.1. The summed E-state index contributed by atoms with van der Waals surface area (Å²) in [6, 6.07) is 17.6. The Morgan fingerprint density at radius 3 is 2.70 bits per heavy atom. The van der Waals surface area contributed by atoms with Crippen LogP contribution < -0.4 is 5.32 Å². The van der Waals surface area contributed by atoms with E-state index in [1.807, 2.05) is 7.05 Å². The van der Waals surface area contributed by atoms with Crippen molar-refractivity contribution < 1.29 is 0 Å². The summed E-state index contributed by atoms with van der Waals surface area (Å²) >= 11 is 0. The van der Waals surface area contributed by atoms with E-state index in [0.29, 0.717) is 0 Å². The van der Waals surface area contributed by atoms with Crippen LogP contribution in [0.4, 0.5) is 0 Å². The van der Waals surface area contributed by atoms with Crippen molar-refractivity contribution in [3.63, 3.8) is 0 Å². The maximum atomic E-state index is 3.19. The Morgan fingerprint density at radius 1 is 1.00 bits per heavy atom. The van der Waals surface area contributed by atoms with Gasteiger partial charge in [-0.05, 0) is 48.7 Å². The van der Waals surface area contributed by atoms with E-state index in [4.69, 9.17) is 0 Å². The van der Waals surface area contributed by atoms with Crippen LogP contribution in [0.1, 0.15) is 16.7 Å². The molecule has 3 rings (SSSR count). The highest BCUT2D eigenvalue weighted by Gasteiger charge is 2.03. The van der Waals surface area contributed by atoms with Crippen molar-refractivity contribution >= 4 is 10.9 Å². The molecule has 2 aromatic carbocycles. The highest BCUT2D eigenvalue weighted by molar-refractivity contribution is 5.81. The average Bonchev–Trinajstić information content (AvgIpc) is 2.82. The summed E-state index contributed by atoms with van der Waals surface area (Å²) in [5.74, 6) is 0. The number of nitrogens with zero attached hydrogens (tertiary/aromatic N) is 1. The number of nitrogens with one attached hydrogen (secondary N) is 1. The second kappa shape index (κ2) is 5.51. The van der Waals surface area contributed by atoms with Gasteiger partial charge in [0.1, 0.15) is 0 Å². The fourth-order valence-corrected chi connectivity index (χ4v) is 2.71. The first kappa shape index (κ1) is 12.9. The Bertz CT molecular complexity index is 725. The summed E-state index contributed by atoms with van der Waals surface area (Å²) in [6.45, 7) is 3.98. The molecule has 0 saturated heterocycles. The van der Waals surface area contributed by atoms with Crippen LogP contribution in [-0.2, 0) is 13.1 Å². The molecule has 20 heavy (non-hydrogen) atoms. The number of benzene rings is 2. The number of hydrogen-bond donors (Lipinski definition) is 1. The maximum absolute atomic E-state index is 3.19. The van der Waals surface area contributed by atoms with E-state index in [0.717, 1.165) is 13.1 Å². The third-order valence-electron chi connectivity index (χ3n) is 3.65. The topological polar surface area (TPSA) is 17.0 Å². The quantitative estimate of drug-likeness (QED) is 0.760. The van der Waals surface area contributed by atoms with Gasteiger partial charge in [0, 0.05) is 24.8 Å². The molecule has 0 bridgehead atoms. The first-order chi connectivity index (χ1) is 9.76. The third-order valence-corrected chi connectivity index (χ3v) is 3.65. The molecule has 2 heteroatoms. The molecule has 1 aromatic heterocycles. The molecule has 3 aromatic rings. The Balaban J connectivity index is 1.92. The maximum Gasteiger partial charge on any atom is 0.0483 e. The molecule has 0 spiro atoms. The Kier molecular flexibility index (Phi) is 3.57. The van der Waals surface area contributed by atoms with Crippen molar-refractivity contribution in [2.75, 3.05) is 7.05 Å². The minimum Gasteiger partial charge on any atom is -0.343 e. The van der Waals surface area contributed by atoms with E-state index in [9.17, 15) is 0 Å². The second-order valence-electron chi connectivity index (χ2n) is 5.36. The van der Waals surface area contributed by atoms with Gasteiger partial charge in [-0.2, -0.15) is 0 Å². The Morgan fingerprint density at radius 2 is 1.90 bits per heavy atom. The van der Waals surface area contributed by atoms with Crippen LogP contribution in [-0.4, -0.2) is 11.6 Å². The van der Waals surface area contributed by atoms with Crippen LogP contribution in [0, 0.1) is 6.92 Å². The summed E-state index contributed by atoms with van der Waals surface area (Å²) in [4.78, 5) is 0. The van der Waals surface area contributed by atoms with Gasteiger partial charge in [0.15, 0.2) is 0 Å². The Hall–Kier alpha value is -2.06. The van der Waals surface area contributed by atoms with Crippen LogP contribution in [0.25, 0.3) is 10.9 Å². The highest BCUT2D eigenvalue weighted by Crippen LogP contribution is 2.19. The predicted octanol–water partition coefficient (Wildman–Crippen LogP) is 3.72. The number of fused-ring (bicyclic) bond motifs is 1. The standard InChI is InChI=1S/C18H20N2/c1-14-4-3-5-16(10-14)13-20-9-8-17-11-15(12-19-2)6-7-18(17)20/h3-11,19H,12-13H2,1-2H3. The predicted molar refractivity (Wildman–Crippen MR) is 85.0 cm³/mol. The monoisotopic (exact) mass is 264 g/mol. The highest BCUT2D eigenvalue weighted by atomic mass is 14.9. The minimum absolute atomic E-state index is 0.916. The number of hydrogen-bond acceptors (Lipinski definition) is 1. The first-order valence-corrected chi connectivity index (χ1v) is 7.04. The normalized spacial score (nSPS) is 11.1. The Labute approximate surface area is 120 Å². The minimum atomic E-state index is 0.916. The molecule has 2 nitrogen and oxygen atoms in total. The molecule has 1 heterocycles. The lowest BCUT2D eigenvalue weighted by Gasteiger charge is -2.07. The lowest BCUT2D eigenvalue weighted by atomic mass is 10.1. The molecule has 0 aliphatic carbocycles. The van der Waals surface area contributed by atoms with E-state index in [1.54, 1.807) is 0 Å². The van der Waals surface area contributed by atoms with Gasteiger partial charge < -0.3 is 9.88 Å². The number of aryl methyl sites for hydroxylation is 1. The van der Waals surface area contributed by atoms with E-state index in [1.165, 1.54) is 27.6 Å². The van der Waals surface area contributed by atoms with Gasteiger partial charge in [-0.1, -0.05) is 35.9 Å². The van der Waals surface area contributed by atoms with E-state index >= 15 is 0 Å². The lowest BCUT2D eigenvalue weighted by Crippen LogP contribution is -2.04. The second-order valence-corrected chi connectivity index (χ2v) is 5.36.